The van der Waals surface area contributed by atoms with Crippen molar-refractivity contribution in [3.63, 3.8) is 0 Å². The van der Waals surface area contributed by atoms with E-state index in [1.165, 1.54) is 193 Å². The molecular weight excluding hydrogens is 757 g/mol. The molecule has 0 saturated carbocycles. The van der Waals surface area contributed by atoms with Gasteiger partial charge in [0.2, 0.25) is 0 Å². The summed E-state index contributed by atoms with van der Waals surface area (Å²) >= 11 is 0. The van der Waals surface area contributed by atoms with Crippen LogP contribution in [0.3, 0.4) is 0 Å². The minimum Gasteiger partial charge on any atom is -0.462 e. The molecule has 0 saturated heterocycles. The van der Waals surface area contributed by atoms with E-state index in [2.05, 4.69) is 34.6 Å². The topological polar surface area (TPSA) is 78.9 Å². The molecule has 0 N–H and O–H groups in total. The average molecular weight is 863 g/mol. The van der Waals surface area contributed by atoms with Crippen LogP contribution in [0.1, 0.15) is 304 Å². The van der Waals surface area contributed by atoms with Crippen molar-refractivity contribution < 1.29 is 28.6 Å². The Bertz CT molecular complexity index is 933. The van der Waals surface area contributed by atoms with Crippen molar-refractivity contribution in [3.05, 3.63) is 0 Å². The molecule has 362 valence electrons. The van der Waals surface area contributed by atoms with Crippen molar-refractivity contribution >= 4 is 17.9 Å². The monoisotopic (exact) mass is 863 g/mol. The quantitative estimate of drug-likeness (QED) is 0.0344. The zero-order valence-corrected chi connectivity index (χ0v) is 41.8. The lowest BCUT2D eigenvalue weighted by atomic mass is 10.00. The fourth-order valence-electron chi connectivity index (χ4n) is 8.31. The maximum Gasteiger partial charge on any atom is 0.306 e. The first kappa shape index (κ1) is 59.4. The standard InChI is InChI=1S/C55H106O6/c1-6-8-9-10-11-12-13-14-15-16-21-24-27-30-37-42-47-55(58)61-52(49-60-54(57)46-41-36-32-31-34-39-44-51(5)7-2)48-59-53(56)45-40-35-29-26-23-20-18-17-19-22-25-28-33-38-43-50(3)4/h50-52H,6-49H2,1-5H3/t51?,52-/m0/s1. The second-order valence-electron chi connectivity index (χ2n) is 19.6. The lowest BCUT2D eigenvalue weighted by molar-refractivity contribution is -0.167. The van der Waals surface area contributed by atoms with Gasteiger partial charge in [0.1, 0.15) is 13.2 Å². The van der Waals surface area contributed by atoms with Crippen LogP contribution in [0.15, 0.2) is 0 Å². The van der Waals surface area contributed by atoms with Crippen molar-refractivity contribution in [1.29, 1.82) is 0 Å². The largest absolute Gasteiger partial charge is 0.462 e. The Kier molecular flexibility index (Phi) is 46.6. The molecule has 0 bridgehead atoms. The van der Waals surface area contributed by atoms with Gasteiger partial charge < -0.3 is 14.2 Å². The molecule has 0 heterocycles. The molecule has 0 radical (unpaired) electrons. The lowest BCUT2D eigenvalue weighted by Gasteiger charge is -2.18. The van der Waals surface area contributed by atoms with E-state index in [4.69, 9.17) is 14.2 Å². The predicted molar refractivity (Wildman–Crippen MR) is 261 cm³/mol. The third-order valence-electron chi connectivity index (χ3n) is 12.8. The molecule has 0 spiro atoms. The zero-order chi connectivity index (χ0) is 44.7. The Morgan fingerprint density at radius 1 is 0.344 bits per heavy atom. The van der Waals surface area contributed by atoms with Gasteiger partial charge in [-0.1, -0.05) is 266 Å². The van der Waals surface area contributed by atoms with Gasteiger partial charge in [-0.25, -0.2) is 0 Å². The third-order valence-corrected chi connectivity index (χ3v) is 12.8. The van der Waals surface area contributed by atoms with E-state index in [0.717, 1.165) is 69.6 Å². The summed E-state index contributed by atoms with van der Waals surface area (Å²) in [5.74, 6) is 0.812. The number of hydrogen-bond acceptors (Lipinski definition) is 6. The van der Waals surface area contributed by atoms with Crippen LogP contribution in [0, 0.1) is 11.8 Å². The summed E-state index contributed by atoms with van der Waals surface area (Å²) in [7, 11) is 0. The second kappa shape index (κ2) is 47.9. The maximum atomic E-state index is 12.8. The van der Waals surface area contributed by atoms with Crippen LogP contribution < -0.4 is 0 Å². The molecule has 0 aliphatic carbocycles. The van der Waals surface area contributed by atoms with Crippen LogP contribution in [0.5, 0.6) is 0 Å². The molecule has 2 atom stereocenters. The Morgan fingerprint density at radius 3 is 0.934 bits per heavy atom. The number of hydrogen-bond donors (Lipinski definition) is 0. The average Bonchev–Trinajstić information content (AvgIpc) is 3.24. The first-order valence-corrected chi connectivity index (χ1v) is 27.3. The number of ether oxygens (including phenoxy) is 3. The summed E-state index contributed by atoms with van der Waals surface area (Å²) in [6.45, 7) is 11.4. The van der Waals surface area contributed by atoms with E-state index in [9.17, 15) is 14.4 Å². The van der Waals surface area contributed by atoms with Gasteiger partial charge in [0.15, 0.2) is 6.10 Å². The molecule has 0 aromatic carbocycles. The van der Waals surface area contributed by atoms with Crippen molar-refractivity contribution in [3.8, 4) is 0 Å². The van der Waals surface area contributed by atoms with E-state index < -0.39 is 6.10 Å². The van der Waals surface area contributed by atoms with Crippen LogP contribution in [0.25, 0.3) is 0 Å². The molecule has 0 amide bonds. The molecular formula is C55H106O6. The molecule has 6 nitrogen and oxygen atoms in total. The minimum absolute atomic E-state index is 0.0639. The normalized spacial score (nSPS) is 12.5. The van der Waals surface area contributed by atoms with Gasteiger partial charge in [-0.15, -0.1) is 0 Å². The van der Waals surface area contributed by atoms with Crippen molar-refractivity contribution in [1.82, 2.24) is 0 Å². The number of carbonyl (C=O) groups is 3. The number of unbranched alkanes of at least 4 members (excludes halogenated alkanes) is 33. The van der Waals surface area contributed by atoms with Gasteiger partial charge in [-0.05, 0) is 31.1 Å². The third kappa shape index (κ3) is 47.7. The zero-order valence-electron chi connectivity index (χ0n) is 41.8. The fourth-order valence-corrected chi connectivity index (χ4v) is 8.31. The van der Waals surface area contributed by atoms with Crippen molar-refractivity contribution in [2.75, 3.05) is 13.2 Å². The summed E-state index contributed by atoms with van der Waals surface area (Å²) < 4.78 is 16.8. The first-order valence-electron chi connectivity index (χ1n) is 27.3. The van der Waals surface area contributed by atoms with Gasteiger partial charge in [-0.2, -0.15) is 0 Å². The number of carbonyl (C=O) groups excluding carboxylic acids is 3. The van der Waals surface area contributed by atoms with Crippen molar-refractivity contribution in [2.45, 2.75) is 310 Å². The lowest BCUT2D eigenvalue weighted by Crippen LogP contribution is -2.30. The van der Waals surface area contributed by atoms with Crippen LogP contribution in [-0.4, -0.2) is 37.2 Å². The highest BCUT2D eigenvalue weighted by molar-refractivity contribution is 5.71. The Balaban J connectivity index is 4.27. The number of esters is 3. The van der Waals surface area contributed by atoms with Gasteiger partial charge >= 0.3 is 17.9 Å². The highest BCUT2D eigenvalue weighted by atomic mass is 16.6. The molecule has 1 unspecified atom stereocenters. The van der Waals surface area contributed by atoms with Gasteiger partial charge in [0.05, 0.1) is 0 Å². The highest BCUT2D eigenvalue weighted by Gasteiger charge is 2.19. The summed E-state index contributed by atoms with van der Waals surface area (Å²) in [5.41, 5.74) is 0. The van der Waals surface area contributed by atoms with Gasteiger partial charge in [-0.3, -0.25) is 14.4 Å². The van der Waals surface area contributed by atoms with E-state index in [1.807, 2.05) is 0 Å². The summed E-state index contributed by atoms with van der Waals surface area (Å²) in [6.07, 6.45) is 49.5. The molecule has 0 rings (SSSR count). The van der Waals surface area contributed by atoms with E-state index in [-0.39, 0.29) is 31.1 Å². The summed E-state index contributed by atoms with van der Waals surface area (Å²) in [6, 6.07) is 0. The second-order valence-corrected chi connectivity index (χ2v) is 19.6. The van der Waals surface area contributed by atoms with Crippen LogP contribution in [0.2, 0.25) is 0 Å². The van der Waals surface area contributed by atoms with Crippen LogP contribution in [0.4, 0.5) is 0 Å². The van der Waals surface area contributed by atoms with Crippen molar-refractivity contribution in [2.24, 2.45) is 11.8 Å². The summed E-state index contributed by atoms with van der Waals surface area (Å²) in [4.78, 5) is 38.0. The molecule has 6 heteroatoms. The molecule has 0 fully saturated rings. The van der Waals surface area contributed by atoms with E-state index in [0.29, 0.717) is 19.3 Å². The molecule has 61 heavy (non-hydrogen) atoms. The minimum atomic E-state index is -0.762. The van der Waals surface area contributed by atoms with E-state index >= 15 is 0 Å². The first-order chi connectivity index (χ1) is 29.8. The van der Waals surface area contributed by atoms with Gasteiger partial charge in [0, 0.05) is 19.3 Å². The Hall–Kier alpha value is -1.59. The SMILES string of the molecule is CCCCCCCCCCCCCCCCCCC(=O)O[C@@H](COC(=O)CCCCCCCCCCCCCCCCC(C)C)COC(=O)CCCCCCCCC(C)CC. The highest BCUT2D eigenvalue weighted by Crippen LogP contribution is 2.18. The predicted octanol–water partition coefficient (Wildman–Crippen LogP) is 17.7. The maximum absolute atomic E-state index is 12.8. The Morgan fingerprint density at radius 2 is 0.623 bits per heavy atom. The van der Waals surface area contributed by atoms with Gasteiger partial charge in [0.25, 0.3) is 0 Å². The number of rotatable bonds is 49. The molecule has 0 aromatic heterocycles. The molecule has 0 aromatic rings. The smallest absolute Gasteiger partial charge is 0.306 e. The molecule has 0 aliphatic heterocycles. The van der Waals surface area contributed by atoms with Crippen LogP contribution >= 0.6 is 0 Å². The van der Waals surface area contributed by atoms with E-state index in [1.54, 1.807) is 0 Å². The fraction of sp³-hybridized carbons (Fsp3) is 0.945. The molecule has 0 aliphatic rings. The Labute approximate surface area is 380 Å². The summed E-state index contributed by atoms with van der Waals surface area (Å²) in [5, 5.41) is 0. The van der Waals surface area contributed by atoms with Crippen LogP contribution in [-0.2, 0) is 28.6 Å².